The van der Waals surface area contributed by atoms with Gasteiger partial charge in [-0.3, -0.25) is 19.3 Å². The number of carbonyl (C=O) groups is 2. The van der Waals surface area contributed by atoms with Crippen molar-refractivity contribution in [1.29, 1.82) is 0 Å². The Morgan fingerprint density at radius 2 is 1.81 bits per heavy atom. The van der Waals surface area contributed by atoms with Gasteiger partial charge in [-0.2, -0.15) is 5.10 Å². The topological polar surface area (TPSA) is 85.7 Å². The van der Waals surface area contributed by atoms with E-state index in [1.807, 2.05) is 50.3 Å². The number of amides is 2. The van der Waals surface area contributed by atoms with Crippen molar-refractivity contribution in [2.75, 3.05) is 45.1 Å². The summed E-state index contributed by atoms with van der Waals surface area (Å²) in [7, 11) is 3.67. The van der Waals surface area contributed by atoms with E-state index in [4.69, 9.17) is 0 Å². The van der Waals surface area contributed by atoms with Crippen molar-refractivity contribution in [1.82, 2.24) is 30.0 Å². The van der Waals surface area contributed by atoms with E-state index < -0.39 is 0 Å². The summed E-state index contributed by atoms with van der Waals surface area (Å²) < 4.78 is 1.78. The molecule has 1 aromatic heterocycles. The minimum Gasteiger partial charge on any atom is -0.376 e. The molecular formula is C26H36ClN7O2. The average Bonchev–Trinajstić information content (AvgIpc) is 3.43. The lowest BCUT2D eigenvalue weighted by Crippen LogP contribution is -2.49. The highest BCUT2D eigenvalue weighted by molar-refractivity contribution is 5.88. The van der Waals surface area contributed by atoms with Crippen molar-refractivity contribution >= 4 is 40.8 Å². The van der Waals surface area contributed by atoms with Gasteiger partial charge in [0.2, 0.25) is 5.91 Å². The van der Waals surface area contributed by atoms with Gasteiger partial charge in [0.15, 0.2) is 0 Å². The Morgan fingerprint density at radius 1 is 1.11 bits per heavy atom. The molecule has 3 aromatic rings. The van der Waals surface area contributed by atoms with E-state index in [9.17, 15) is 9.59 Å². The van der Waals surface area contributed by atoms with Gasteiger partial charge in [0.05, 0.1) is 12.1 Å². The molecule has 2 amide bonds. The van der Waals surface area contributed by atoms with Crippen LogP contribution < -0.4 is 10.6 Å². The van der Waals surface area contributed by atoms with Crippen molar-refractivity contribution in [3.63, 3.8) is 0 Å². The molecule has 4 rings (SSSR count). The van der Waals surface area contributed by atoms with Gasteiger partial charge >= 0.3 is 0 Å². The van der Waals surface area contributed by atoms with Gasteiger partial charge < -0.3 is 15.5 Å². The molecule has 10 heteroatoms. The zero-order chi connectivity index (χ0) is 24.9. The zero-order valence-electron chi connectivity index (χ0n) is 21.5. The summed E-state index contributed by atoms with van der Waals surface area (Å²) in [6, 6.07) is 12.2. The predicted molar refractivity (Wildman–Crippen MR) is 145 cm³/mol. The molecule has 0 saturated carbocycles. The summed E-state index contributed by atoms with van der Waals surface area (Å²) in [5.74, 6) is -0.219. The normalized spacial score (nSPS) is 12.8. The van der Waals surface area contributed by atoms with E-state index in [1.165, 1.54) is 11.1 Å². The van der Waals surface area contributed by atoms with Crippen molar-refractivity contribution in [3.8, 4) is 0 Å². The monoisotopic (exact) mass is 513 g/mol. The molecule has 1 aliphatic rings. The number of hydrogen-bond donors (Lipinski definition) is 2. The highest BCUT2D eigenvalue weighted by Gasteiger charge is 2.27. The number of likely N-dealkylation sites (N-methyl/N-ethyl adjacent to an activating group) is 2. The van der Waals surface area contributed by atoms with Crippen LogP contribution in [-0.2, 0) is 29.7 Å². The molecule has 0 bridgehead atoms. The molecule has 0 atom stereocenters. The molecule has 1 aliphatic heterocycles. The SMILES string of the molecule is CCNCCN(CC(=O)N(C)N1Cc2ccccc2C1)C(=O)CNc1cc2nn(C)cc2cc1C.Cl. The molecule has 0 aliphatic carbocycles. The van der Waals surface area contributed by atoms with Gasteiger partial charge in [-0.05, 0) is 42.3 Å². The lowest BCUT2D eigenvalue weighted by atomic mass is 10.1. The Bertz CT molecular complexity index is 1190. The maximum atomic E-state index is 13.2. The summed E-state index contributed by atoms with van der Waals surface area (Å²) in [5.41, 5.74) is 5.25. The molecule has 194 valence electrons. The number of anilines is 1. The molecule has 2 heterocycles. The van der Waals surface area contributed by atoms with Crippen LogP contribution in [0.15, 0.2) is 42.6 Å². The molecular weight excluding hydrogens is 478 g/mol. The Morgan fingerprint density at radius 3 is 2.47 bits per heavy atom. The van der Waals surface area contributed by atoms with Crippen LogP contribution in [0.2, 0.25) is 0 Å². The molecule has 9 nitrogen and oxygen atoms in total. The van der Waals surface area contributed by atoms with Crippen LogP contribution in [-0.4, -0.2) is 76.3 Å². The number of hydrogen-bond acceptors (Lipinski definition) is 6. The number of rotatable bonds is 10. The largest absolute Gasteiger partial charge is 0.376 e. The second-order valence-corrected chi connectivity index (χ2v) is 9.06. The fraction of sp³-hybridized carbons (Fsp3) is 0.423. The first-order chi connectivity index (χ1) is 16.9. The Hall–Kier alpha value is -3.14. The number of nitrogens with one attached hydrogen (secondary N) is 2. The van der Waals surface area contributed by atoms with Gasteiger partial charge in [0.1, 0.15) is 6.54 Å². The van der Waals surface area contributed by atoms with Crippen LogP contribution in [0.1, 0.15) is 23.6 Å². The lowest BCUT2D eigenvalue weighted by molar-refractivity contribution is -0.151. The van der Waals surface area contributed by atoms with Crippen molar-refractivity contribution in [2.24, 2.45) is 7.05 Å². The van der Waals surface area contributed by atoms with Crippen LogP contribution in [0.5, 0.6) is 0 Å². The third-order valence-electron chi connectivity index (χ3n) is 6.49. The van der Waals surface area contributed by atoms with Crippen LogP contribution in [0.3, 0.4) is 0 Å². The van der Waals surface area contributed by atoms with Gasteiger partial charge in [-0.1, -0.05) is 31.2 Å². The molecule has 36 heavy (non-hydrogen) atoms. The quantitative estimate of drug-likeness (QED) is 0.405. The minimum atomic E-state index is -0.116. The van der Waals surface area contributed by atoms with Gasteiger partial charge in [0.25, 0.3) is 5.91 Å². The first-order valence-corrected chi connectivity index (χ1v) is 12.1. The number of halogens is 1. The molecule has 0 spiro atoms. The molecule has 0 fully saturated rings. The summed E-state index contributed by atoms with van der Waals surface area (Å²) in [4.78, 5) is 28.0. The molecule has 0 radical (unpaired) electrons. The Labute approximate surface area is 218 Å². The third-order valence-corrected chi connectivity index (χ3v) is 6.49. The molecule has 2 N–H and O–H groups in total. The van der Waals surface area contributed by atoms with Crippen LogP contribution in [0.4, 0.5) is 5.69 Å². The van der Waals surface area contributed by atoms with Gasteiger partial charge in [-0.25, -0.2) is 5.01 Å². The van der Waals surface area contributed by atoms with Crippen molar-refractivity contribution < 1.29 is 9.59 Å². The van der Waals surface area contributed by atoms with Gasteiger partial charge in [-0.15, -0.1) is 12.4 Å². The van der Waals surface area contributed by atoms with Crippen LogP contribution >= 0.6 is 12.4 Å². The maximum Gasteiger partial charge on any atom is 0.256 e. The summed E-state index contributed by atoms with van der Waals surface area (Å²) in [5, 5.41) is 15.7. The zero-order valence-corrected chi connectivity index (χ0v) is 22.3. The molecule has 0 saturated heterocycles. The first kappa shape index (κ1) is 27.4. The lowest BCUT2D eigenvalue weighted by Gasteiger charge is -2.31. The minimum absolute atomic E-state index is 0. The Kier molecular flexibility index (Phi) is 9.31. The van der Waals surface area contributed by atoms with E-state index in [-0.39, 0.29) is 37.3 Å². The summed E-state index contributed by atoms with van der Waals surface area (Å²) in [6.45, 7) is 7.47. The number of aromatic nitrogens is 2. The number of benzene rings is 2. The van der Waals surface area contributed by atoms with Gasteiger partial charge in [0, 0.05) is 57.5 Å². The fourth-order valence-corrected chi connectivity index (χ4v) is 4.42. The predicted octanol–water partition coefficient (Wildman–Crippen LogP) is 2.54. The van der Waals surface area contributed by atoms with E-state index in [0.29, 0.717) is 26.2 Å². The number of carbonyl (C=O) groups excluding carboxylic acids is 2. The first-order valence-electron chi connectivity index (χ1n) is 12.1. The average molecular weight is 514 g/mol. The van der Waals surface area contributed by atoms with Crippen LogP contribution in [0.25, 0.3) is 10.9 Å². The number of hydrazine groups is 1. The summed E-state index contributed by atoms with van der Waals surface area (Å²) >= 11 is 0. The summed E-state index contributed by atoms with van der Waals surface area (Å²) in [6.07, 6.45) is 1.97. The van der Waals surface area contributed by atoms with Crippen molar-refractivity contribution in [2.45, 2.75) is 26.9 Å². The van der Waals surface area contributed by atoms with Crippen molar-refractivity contribution in [3.05, 3.63) is 59.3 Å². The highest BCUT2D eigenvalue weighted by Crippen LogP contribution is 2.24. The standard InChI is InChI=1S/C26H35N7O2.ClH/c1-5-27-10-11-32(18-26(35)31(4)33-16-20-8-6-7-9-21(20)17-33)25(34)14-28-23-13-24-22(12-19(23)2)15-30(3)29-24;/h6-9,12-13,15,27-28H,5,10-11,14,16-18H2,1-4H3;1H. The van der Waals surface area contributed by atoms with E-state index in [0.717, 1.165) is 28.7 Å². The second-order valence-electron chi connectivity index (χ2n) is 9.06. The third kappa shape index (κ3) is 6.34. The van der Waals surface area contributed by atoms with E-state index in [1.54, 1.807) is 21.6 Å². The smallest absolute Gasteiger partial charge is 0.256 e. The number of fused-ring (bicyclic) bond motifs is 2. The van der Waals surface area contributed by atoms with Crippen LogP contribution in [0, 0.1) is 6.92 Å². The second kappa shape index (κ2) is 12.2. The van der Waals surface area contributed by atoms with E-state index >= 15 is 0 Å². The maximum absolute atomic E-state index is 13.2. The van der Waals surface area contributed by atoms with E-state index in [2.05, 4.69) is 33.9 Å². The Balaban J connectivity index is 0.00000361. The number of aryl methyl sites for hydroxylation is 2. The molecule has 2 aromatic carbocycles. The number of nitrogens with zero attached hydrogens (tertiary/aromatic N) is 5. The fourth-order valence-electron chi connectivity index (χ4n) is 4.42. The highest BCUT2D eigenvalue weighted by atomic mass is 35.5. The molecule has 0 unspecified atom stereocenters.